The Kier molecular flexibility index (Phi) is 4.02. The van der Waals surface area contributed by atoms with E-state index in [9.17, 15) is 9.90 Å². The zero-order chi connectivity index (χ0) is 13.8. The van der Waals surface area contributed by atoms with Gasteiger partial charge in [-0.3, -0.25) is 0 Å². The number of aliphatic carboxylic acids is 1. The van der Waals surface area contributed by atoms with E-state index in [0.29, 0.717) is 11.3 Å². The normalized spacial score (nSPS) is 11.3. The van der Waals surface area contributed by atoms with Gasteiger partial charge in [0.15, 0.2) is 0 Å². The van der Waals surface area contributed by atoms with Crippen molar-refractivity contribution in [3.63, 3.8) is 0 Å². The quantitative estimate of drug-likeness (QED) is 0.516. The van der Waals surface area contributed by atoms with Gasteiger partial charge in [0.05, 0.1) is 5.57 Å². The number of carbonyl (C=O) groups is 1. The summed E-state index contributed by atoms with van der Waals surface area (Å²) < 4.78 is 0.953. The minimum absolute atomic E-state index is 0.238. The molecule has 4 heteroatoms. The number of benzene rings is 2. The van der Waals surface area contributed by atoms with Crippen molar-refractivity contribution in [2.75, 3.05) is 5.73 Å². The maximum atomic E-state index is 11.3. The average molecular weight is 318 g/mol. The van der Waals surface area contributed by atoms with E-state index in [1.54, 1.807) is 30.3 Å². The second-order valence-corrected chi connectivity index (χ2v) is 4.95. The van der Waals surface area contributed by atoms with Crippen LogP contribution in [0.3, 0.4) is 0 Å². The molecule has 0 bridgehead atoms. The summed E-state index contributed by atoms with van der Waals surface area (Å²) in [5.41, 5.74) is 7.91. The van der Waals surface area contributed by atoms with Crippen molar-refractivity contribution in [2.45, 2.75) is 0 Å². The lowest BCUT2D eigenvalue weighted by molar-refractivity contribution is -0.130. The van der Waals surface area contributed by atoms with Gasteiger partial charge in [0.25, 0.3) is 0 Å². The van der Waals surface area contributed by atoms with Gasteiger partial charge in [0, 0.05) is 10.2 Å². The van der Waals surface area contributed by atoms with Gasteiger partial charge in [-0.1, -0.05) is 40.2 Å². The van der Waals surface area contributed by atoms with Crippen LogP contribution in [0.5, 0.6) is 0 Å². The maximum Gasteiger partial charge on any atom is 0.336 e. The summed E-state index contributed by atoms with van der Waals surface area (Å²) in [6, 6.07) is 14.2. The number of hydrogen-bond acceptors (Lipinski definition) is 2. The lowest BCUT2D eigenvalue weighted by Gasteiger charge is -2.04. The van der Waals surface area contributed by atoms with Crippen LogP contribution in [0, 0.1) is 0 Å². The molecule has 96 valence electrons. The Morgan fingerprint density at radius 1 is 1.05 bits per heavy atom. The summed E-state index contributed by atoms with van der Waals surface area (Å²) >= 11 is 3.34. The Morgan fingerprint density at radius 3 is 2.16 bits per heavy atom. The molecule has 3 N–H and O–H groups in total. The molecule has 2 rings (SSSR count). The van der Waals surface area contributed by atoms with Gasteiger partial charge < -0.3 is 10.8 Å². The Bertz CT molecular complexity index is 616. The maximum absolute atomic E-state index is 11.3. The molecule has 0 amide bonds. The number of anilines is 1. The fourth-order valence-corrected chi connectivity index (χ4v) is 1.92. The first-order valence-corrected chi connectivity index (χ1v) is 6.42. The molecule has 0 aromatic heterocycles. The minimum atomic E-state index is -0.965. The highest BCUT2D eigenvalue weighted by molar-refractivity contribution is 9.10. The second kappa shape index (κ2) is 5.71. The van der Waals surface area contributed by atoms with E-state index in [2.05, 4.69) is 15.9 Å². The van der Waals surface area contributed by atoms with Crippen LogP contribution >= 0.6 is 15.9 Å². The van der Waals surface area contributed by atoms with Crippen molar-refractivity contribution >= 4 is 39.2 Å². The standard InChI is InChI=1S/C15H12BrNO2/c16-12-5-1-10(2-6-12)9-14(15(18)19)11-3-7-13(17)8-4-11/h1-9H,17H2,(H,18,19)/b14-9-. The van der Waals surface area contributed by atoms with Crippen molar-refractivity contribution < 1.29 is 9.90 Å². The number of nitrogen functional groups attached to an aromatic ring is 1. The van der Waals surface area contributed by atoms with Crippen LogP contribution in [0.25, 0.3) is 11.6 Å². The monoisotopic (exact) mass is 317 g/mol. The summed E-state index contributed by atoms with van der Waals surface area (Å²) in [6.07, 6.45) is 1.64. The molecule has 19 heavy (non-hydrogen) atoms. The zero-order valence-corrected chi connectivity index (χ0v) is 11.6. The summed E-state index contributed by atoms with van der Waals surface area (Å²) in [7, 11) is 0. The molecule has 0 aliphatic heterocycles. The van der Waals surface area contributed by atoms with Gasteiger partial charge in [0.1, 0.15) is 0 Å². The Morgan fingerprint density at radius 2 is 1.63 bits per heavy atom. The van der Waals surface area contributed by atoms with Crippen molar-refractivity contribution in [3.05, 3.63) is 64.1 Å². The van der Waals surface area contributed by atoms with Gasteiger partial charge in [-0.05, 0) is 41.5 Å². The van der Waals surface area contributed by atoms with Crippen molar-refractivity contribution in [3.8, 4) is 0 Å². The van der Waals surface area contributed by atoms with E-state index >= 15 is 0 Å². The van der Waals surface area contributed by atoms with Crippen molar-refractivity contribution in [1.82, 2.24) is 0 Å². The molecule has 0 saturated carbocycles. The smallest absolute Gasteiger partial charge is 0.336 e. The van der Waals surface area contributed by atoms with Crippen LogP contribution < -0.4 is 5.73 Å². The topological polar surface area (TPSA) is 63.3 Å². The molecule has 0 fully saturated rings. The highest BCUT2D eigenvalue weighted by Crippen LogP contribution is 2.21. The SMILES string of the molecule is Nc1ccc(/C(=C/c2ccc(Br)cc2)C(=O)O)cc1. The number of rotatable bonds is 3. The van der Waals surface area contributed by atoms with Gasteiger partial charge in [-0.2, -0.15) is 0 Å². The van der Waals surface area contributed by atoms with E-state index in [0.717, 1.165) is 10.0 Å². The number of hydrogen-bond donors (Lipinski definition) is 2. The van der Waals surface area contributed by atoms with Crippen LogP contribution in [0.1, 0.15) is 11.1 Å². The second-order valence-electron chi connectivity index (χ2n) is 4.04. The lowest BCUT2D eigenvalue weighted by atomic mass is 10.0. The van der Waals surface area contributed by atoms with Crippen LogP contribution in [0.15, 0.2) is 53.0 Å². The molecule has 0 saturated heterocycles. The molecule has 0 aliphatic rings. The Hall–Kier alpha value is -2.07. The summed E-state index contributed by atoms with van der Waals surface area (Å²) in [5, 5.41) is 9.30. The number of halogens is 1. The first kappa shape index (κ1) is 13.4. The molecule has 0 heterocycles. The van der Waals surface area contributed by atoms with Crippen LogP contribution in [-0.2, 0) is 4.79 Å². The third-order valence-electron chi connectivity index (χ3n) is 2.63. The number of carboxylic acid groups (broad SMARTS) is 1. The molecule has 2 aromatic carbocycles. The fourth-order valence-electron chi connectivity index (χ4n) is 1.66. The number of carboxylic acids is 1. The molecule has 3 nitrogen and oxygen atoms in total. The average Bonchev–Trinajstić information content (AvgIpc) is 2.39. The highest BCUT2D eigenvalue weighted by atomic mass is 79.9. The minimum Gasteiger partial charge on any atom is -0.478 e. The first-order chi connectivity index (χ1) is 9.06. The highest BCUT2D eigenvalue weighted by Gasteiger charge is 2.10. The number of nitrogens with two attached hydrogens (primary N) is 1. The van der Waals surface area contributed by atoms with Crippen molar-refractivity contribution in [1.29, 1.82) is 0 Å². The van der Waals surface area contributed by atoms with Gasteiger partial charge in [-0.25, -0.2) is 4.79 Å². The van der Waals surface area contributed by atoms with Gasteiger partial charge >= 0.3 is 5.97 Å². The van der Waals surface area contributed by atoms with Gasteiger partial charge in [-0.15, -0.1) is 0 Å². The van der Waals surface area contributed by atoms with E-state index in [-0.39, 0.29) is 5.57 Å². The van der Waals surface area contributed by atoms with E-state index in [4.69, 9.17) is 5.73 Å². The molecule has 0 radical (unpaired) electrons. The van der Waals surface area contributed by atoms with Crippen LogP contribution in [0.2, 0.25) is 0 Å². The van der Waals surface area contributed by atoms with E-state index in [1.807, 2.05) is 24.3 Å². The van der Waals surface area contributed by atoms with Crippen LogP contribution in [0.4, 0.5) is 5.69 Å². The molecule has 0 spiro atoms. The Labute approximate surface area is 119 Å². The third kappa shape index (κ3) is 3.45. The summed E-state index contributed by atoms with van der Waals surface area (Å²) in [4.78, 5) is 11.3. The van der Waals surface area contributed by atoms with Crippen molar-refractivity contribution in [2.24, 2.45) is 0 Å². The van der Waals surface area contributed by atoms with E-state index in [1.165, 1.54) is 0 Å². The molecule has 2 aromatic rings. The Balaban J connectivity index is 2.43. The van der Waals surface area contributed by atoms with E-state index < -0.39 is 5.97 Å². The fraction of sp³-hybridized carbons (Fsp3) is 0. The molecular weight excluding hydrogens is 306 g/mol. The zero-order valence-electron chi connectivity index (χ0n) is 10.0. The lowest BCUT2D eigenvalue weighted by Crippen LogP contribution is -1.99. The molecular formula is C15H12BrNO2. The summed E-state index contributed by atoms with van der Waals surface area (Å²) in [5.74, 6) is -0.965. The molecule has 0 aliphatic carbocycles. The predicted molar refractivity (Wildman–Crippen MR) is 80.5 cm³/mol. The molecule has 0 unspecified atom stereocenters. The predicted octanol–water partition coefficient (Wildman–Crippen LogP) is 3.66. The summed E-state index contributed by atoms with van der Waals surface area (Å²) in [6.45, 7) is 0. The van der Waals surface area contributed by atoms with Gasteiger partial charge in [0.2, 0.25) is 0 Å². The largest absolute Gasteiger partial charge is 0.478 e. The van der Waals surface area contributed by atoms with Crippen LogP contribution in [-0.4, -0.2) is 11.1 Å². The molecule has 0 atom stereocenters. The third-order valence-corrected chi connectivity index (χ3v) is 3.16. The first-order valence-electron chi connectivity index (χ1n) is 5.63.